The van der Waals surface area contributed by atoms with Gasteiger partial charge in [0.1, 0.15) is 17.4 Å². The van der Waals surface area contributed by atoms with E-state index in [2.05, 4.69) is 10.2 Å². The average molecular weight is 343 g/mol. The number of carbonyl (C=O) groups is 1. The van der Waals surface area contributed by atoms with Gasteiger partial charge in [-0.05, 0) is 30.2 Å². The molecule has 0 aromatic heterocycles. The zero-order valence-electron chi connectivity index (χ0n) is 14.7. The summed E-state index contributed by atoms with van der Waals surface area (Å²) in [5, 5.41) is 12.0. The van der Waals surface area contributed by atoms with Gasteiger partial charge in [-0.2, -0.15) is 5.26 Å². The Morgan fingerprint density at radius 1 is 1.36 bits per heavy atom. The van der Waals surface area contributed by atoms with Crippen molar-refractivity contribution >= 4 is 12.0 Å². The van der Waals surface area contributed by atoms with Crippen molar-refractivity contribution in [3.8, 4) is 11.8 Å². The Morgan fingerprint density at radius 3 is 2.72 bits per heavy atom. The minimum Gasteiger partial charge on any atom is -0.494 e. The van der Waals surface area contributed by atoms with Crippen LogP contribution in [0.3, 0.4) is 0 Å². The molecule has 2 rings (SSSR count). The maximum atomic E-state index is 12.2. The van der Waals surface area contributed by atoms with Gasteiger partial charge >= 0.3 is 0 Å². The van der Waals surface area contributed by atoms with E-state index < -0.39 is 0 Å². The predicted octanol–water partition coefficient (Wildman–Crippen LogP) is 1.83. The highest BCUT2D eigenvalue weighted by atomic mass is 16.5. The van der Waals surface area contributed by atoms with Gasteiger partial charge in [0.25, 0.3) is 5.91 Å². The first-order valence-electron chi connectivity index (χ1n) is 8.66. The third-order valence-electron chi connectivity index (χ3n) is 3.85. The van der Waals surface area contributed by atoms with Crippen molar-refractivity contribution in [3.05, 3.63) is 35.4 Å². The largest absolute Gasteiger partial charge is 0.494 e. The molecule has 1 saturated heterocycles. The molecule has 134 valence electrons. The molecule has 25 heavy (non-hydrogen) atoms. The lowest BCUT2D eigenvalue weighted by Crippen LogP contribution is -2.41. The van der Waals surface area contributed by atoms with Gasteiger partial charge in [-0.25, -0.2) is 0 Å². The van der Waals surface area contributed by atoms with Gasteiger partial charge in [0, 0.05) is 26.2 Å². The molecule has 1 N–H and O–H groups in total. The van der Waals surface area contributed by atoms with E-state index in [9.17, 15) is 10.1 Å². The fraction of sp³-hybridized carbons (Fsp3) is 0.474. The second-order valence-electron chi connectivity index (χ2n) is 5.80. The number of nitriles is 1. The zero-order valence-corrected chi connectivity index (χ0v) is 14.7. The van der Waals surface area contributed by atoms with Crippen LogP contribution in [0.5, 0.6) is 5.75 Å². The van der Waals surface area contributed by atoms with E-state index in [1.54, 1.807) is 6.08 Å². The minimum atomic E-state index is -0.345. The molecule has 1 heterocycles. The van der Waals surface area contributed by atoms with E-state index in [0.29, 0.717) is 13.2 Å². The number of nitrogens with one attached hydrogen (secondary N) is 1. The molecule has 1 fully saturated rings. The Labute approximate surface area is 149 Å². The van der Waals surface area contributed by atoms with Crippen LogP contribution in [-0.2, 0) is 9.53 Å². The van der Waals surface area contributed by atoms with Crippen molar-refractivity contribution in [2.45, 2.75) is 13.3 Å². The second kappa shape index (κ2) is 10.5. The van der Waals surface area contributed by atoms with Crippen LogP contribution in [-0.4, -0.2) is 56.8 Å². The molecule has 6 heteroatoms. The van der Waals surface area contributed by atoms with Crippen LogP contribution >= 0.6 is 0 Å². The van der Waals surface area contributed by atoms with Crippen molar-refractivity contribution < 1.29 is 14.3 Å². The highest BCUT2D eigenvalue weighted by molar-refractivity contribution is 6.01. The number of ether oxygens (including phenoxy) is 2. The maximum Gasteiger partial charge on any atom is 0.261 e. The van der Waals surface area contributed by atoms with Crippen molar-refractivity contribution in [3.63, 3.8) is 0 Å². The summed E-state index contributed by atoms with van der Waals surface area (Å²) in [4.78, 5) is 14.4. The van der Waals surface area contributed by atoms with Crippen LogP contribution in [0.15, 0.2) is 29.8 Å². The number of amides is 1. The van der Waals surface area contributed by atoms with Crippen molar-refractivity contribution in [2.24, 2.45) is 0 Å². The summed E-state index contributed by atoms with van der Waals surface area (Å²) in [6, 6.07) is 9.33. The fourth-order valence-corrected chi connectivity index (χ4v) is 2.44. The topological polar surface area (TPSA) is 74.6 Å². The number of nitrogens with zero attached hydrogens (tertiary/aromatic N) is 2. The van der Waals surface area contributed by atoms with E-state index >= 15 is 0 Å². The molecule has 1 aliphatic rings. The van der Waals surface area contributed by atoms with Crippen LogP contribution in [0.1, 0.15) is 18.9 Å². The molecule has 0 atom stereocenters. The smallest absolute Gasteiger partial charge is 0.261 e. The summed E-state index contributed by atoms with van der Waals surface area (Å²) in [6.45, 7) is 7.22. The Kier molecular flexibility index (Phi) is 7.96. The molecule has 0 unspecified atom stereocenters. The van der Waals surface area contributed by atoms with Gasteiger partial charge < -0.3 is 14.8 Å². The van der Waals surface area contributed by atoms with Crippen molar-refractivity contribution in [1.82, 2.24) is 10.2 Å². The number of morpholine rings is 1. The number of carbonyl (C=O) groups excluding carboxylic acids is 1. The molecule has 0 aliphatic carbocycles. The highest BCUT2D eigenvalue weighted by Gasteiger charge is 2.12. The molecule has 1 aromatic rings. The monoisotopic (exact) mass is 343 g/mol. The normalized spacial score (nSPS) is 15.4. The van der Waals surface area contributed by atoms with Gasteiger partial charge in [-0.1, -0.05) is 19.1 Å². The average Bonchev–Trinajstić information content (AvgIpc) is 2.66. The first-order valence-corrected chi connectivity index (χ1v) is 8.66. The predicted molar refractivity (Wildman–Crippen MR) is 96.1 cm³/mol. The fourth-order valence-electron chi connectivity index (χ4n) is 2.44. The molecular formula is C19H25N3O3. The quantitative estimate of drug-likeness (QED) is 0.576. The third kappa shape index (κ3) is 6.57. The Hall–Kier alpha value is -2.36. The van der Waals surface area contributed by atoms with E-state index in [1.165, 1.54) is 0 Å². The molecule has 1 aromatic carbocycles. The SMILES string of the molecule is CCCOc1ccc(C=C(C#N)C(=O)NCCN2CCOCC2)cc1. The van der Waals surface area contributed by atoms with Gasteiger partial charge in [0.2, 0.25) is 0 Å². The highest BCUT2D eigenvalue weighted by Crippen LogP contribution is 2.14. The Bertz CT molecular complexity index is 614. The van der Waals surface area contributed by atoms with Crippen LogP contribution in [0.25, 0.3) is 6.08 Å². The Morgan fingerprint density at radius 2 is 2.08 bits per heavy atom. The number of hydrogen-bond acceptors (Lipinski definition) is 5. The molecular weight excluding hydrogens is 318 g/mol. The minimum absolute atomic E-state index is 0.101. The summed E-state index contributed by atoms with van der Waals surface area (Å²) in [5.74, 6) is 0.439. The lowest BCUT2D eigenvalue weighted by molar-refractivity contribution is -0.117. The molecule has 1 amide bonds. The van der Waals surface area contributed by atoms with Gasteiger partial charge in [0.15, 0.2) is 0 Å². The van der Waals surface area contributed by atoms with E-state index in [0.717, 1.165) is 50.6 Å². The summed E-state index contributed by atoms with van der Waals surface area (Å²) < 4.78 is 10.8. The first-order chi connectivity index (χ1) is 12.2. The standard InChI is InChI=1S/C19H25N3O3/c1-2-11-25-18-5-3-16(4-6-18)14-17(15-20)19(23)21-7-8-22-9-12-24-13-10-22/h3-6,14H,2,7-13H2,1H3,(H,21,23). The zero-order chi connectivity index (χ0) is 17.9. The van der Waals surface area contributed by atoms with Crippen LogP contribution in [0.2, 0.25) is 0 Å². The van der Waals surface area contributed by atoms with E-state index in [-0.39, 0.29) is 11.5 Å². The molecule has 6 nitrogen and oxygen atoms in total. The number of hydrogen-bond donors (Lipinski definition) is 1. The first kappa shape index (κ1) is 19.0. The summed E-state index contributed by atoms with van der Waals surface area (Å²) in [5.41, 5.74) is 0.896. The van der Waals surface area contributed by atoms with E-state index in [1.807, 2.05) is 37.3 Å². The van der Waals surface area contributed by atoms with Crippen LogP contribution in [0.4, 0.5) is 0 Å². The summed E-state index contributed by atoms with van der Waals surface area (Å²) >= 11 is 0. The lowest BCUT2D eigenvalue weighted by atomic mass is 10.1. The summed E-state index contributed by atoms with van der Waals surface area (Å²) in [7, 11) is 0. The molecule has 0 spiro atoms. The van der Waals surface area contributed by atoms with Crippen LogP contribution in [0, 0.1) is 11.3 Å². The molecule has 1 aliphatic heterocycles. The second-order valence-corrected chi connectivity index (χ2v) is 5.80. The van der Waals surface area contributed by atoms with Crippen molar-refractivity contribution in [2.75, 3.05) is 46.0 Å². The lowest BCUT2D eigenvalue weighted by Gasteiger charge is -2.26. The van der Waals surface area contributed by atoms with Gasteiger partial charge in [-0.15, -0.1) is 0 Å². The third-order valence-corrected chi connectivity index (χ3v) is 3.85. The maximum absolute atomic E-state index is 12.2. The Balaban J connectivity index is 1.85. The summed E-state index contributed by atoms with van der Waals surface area (Å²) in [6.07, 6.45) is 2.54. The van der Waals surface area contributed by atoms with Gasteiger partial charge in [-0.3, -0.25) is 9.69 Å². The number of benzene rings is 1. The molecule has 0 saturated carbocycles. The number of rotatable bonds is 8. The van der Waals surface area contributed by atoms with Crippen molar-refractivity contribution in [1.29, 1.82) is 5.26 Å². The van der Waals surface area contributed by atoms with Gasteiger partial charge in [0.05, 0.1) is 19.8 Å². The van der Waals surface area contributed by atoms with E-state index in [4.69, 9.17) is 9.47 Å². The molecule has 0 bridgehead atoms. The van der Waals surface area contributed by atoms with Crippen LogP contribution < -0.4 is 10.1 Å². The molecule has 0 radical (unpaired) electrons.